The third-order valence-electron chi connectivity index (χ3n) is 4.27. The van der Waals surface area contributed by atoms with Gasteiger partial charge < -0.3 is 4.42 Å². The van der Waals surface area contributed by atoms with Crippen LogP contribution in [0.2, 0.25) is 5.15 Å². The van der Waals surface area contributed by atoms with Gasteiger partial charge in [-0.3, -0.25) is 4.90 Å². The highest BCUT2D eigenvalue weighted by Gasteiger charge is 2.31. The molecule has 0 bridgehead atoms. The van der Waals surface area contributed by atoms with Crippen molar-refractivity contribution in [1.82, 2.24) is 15.1 Å². The molecule has 6 nitrogen and oxygen atoms in total. The van der Waals surface area contributed by atoms with Crippen LogP contribution in [0.1, 0.15) is 16.8 Å². The van der Waals surface area contributed by atoms with Crippen LogP contribution in [0.4, 0.5) is 25.0 Å². The van der Waals surface area contributed by atoms with E-state index in [-0.39, 0.29) is 11.8 Å². The maximum absolute atomic E-state index is 12.7. The first-order valence-corrected chi connectivity index (χ1v) is 8.87. The van der Waals surface area contributed by atoms with E-state index in [2.05, 4.69) is 15.1 Å². The fourth-order valence-electron chi connectivity index (χ4n) is 2.75. The highest BCUT2D eigenvalue weighted by molar-refractivity contribution is 6.29. The van der Waals surface area contributed by atoms with Gasteiger partial charge in [0.2, 0.25) is 5.69 Å². The zero-order valence-corrected chi connectivity index (χ0v) is 15.8. The Bertz CT molecular complexity index is 1140. The second-order valence-electron chi connectivity index (χ2n) is 6.28. The second kappa shape index (κ2) is 7.32. The summed E-state index contributed by atoms with van der Waals surface area (Å²) in [4.78, 5) is 9.41. The predicted octanol–water partition coefficient (Wildman–Crippen LogP) is 4.23. The van der Waals surface area contributed by atoms with Crippen LogP contribution in [0, 0.1) is 0 Å². The minimum Gasteiger partial charge on any atom is -0.364 e. The molecule has 0 radical (unpaired) electrons. The first-order valence-electron chi connectivity index (χ1n) is 8.49. The van der Waals surface area contributed by atoms with Gasteiger partial charge in [-0.1, -0.05) is 17.7 Å². The van der Waals surface area contributed by atoms with Gasteiger partial charge in [0.15, 0.2) is 0 Å². The van der Waals surface area contributed by atoms with Gasteiger partial charge >= 0.3 is 17.9 Å². The number of alkyl halides is 3. The number of nitrogens with zero attached hydrogens (tertiary/aromatic N) is 5. The smallest absolute Gasteiger partial charge is 0.364 e. The van der Waals surface area contributed by atoms with E-state index in [1.54, 1.807) is 29.9 Å². The highest BCUT2D eigenvalue weighted by Crippen LogP contribution is 2.30. The molecule has 0 aliphatic heterocycles. The van der Waals surface area contributed by atoms with Crippen molar-refractivity contribution in [2.45, 2.75) is 12.6 Å². The van der Waals surface area contributed by atoms with Crippen molar-refractivity contribution in [3.63, 3.8) is 0 Å². The monoisotopic (exact) mass is 420 g/mol. The van der Waals surface area contributed by atoms with Crippen molar-refractivity contribution in [3.05, 3.63) is 76.8 Å². The molecular weight excluding hydrogens is 407 g/mol. The van der Waals surface area contributed by atoms with Crippen LogP contribution < -0.4 is 9.42 Å². The molecule has 0 aliphatic carbocycles. The second-order valence-corrected chi connectivity index (χ2v) is 6.67. The summed E-state index contributed by atoms with van der Waals surface area (Å²) in [6, 6.07) is 11.5. The van der Waals surface area contributed by atoms with Gasteiger partial charge in [0.25, 0.3) is 0 Å². The van der Waals surface area contributed by atoms with Gasteiger partial charge in [-0.05, 0) is 34.3 Å². The van der Waals surface area contributed by atoms with E-state index in [4.69, 9.17) is 16.0 Å². The number of hydrogen-bond donors (Lipinski definition) is 0. The predicted molar refractivity (Wildman–Crippen MR) is 99.0 cm³/mol. The fraction of sp³-hybridized carbons (Fsp3) is 0.158. The lowest BCUT2D eigenvalue weighted by Gasteiger charge is -2.12. The molecule has 4 aromatic heterocycles. The van der Waals surface area contributed by atoms with E-state index < -0.39 is 11.7 Å². The molecule has 148 valence electrons. The topological polar surface area (TPSA) is 59.2 Å². The molecule has 0 fully saturated rings. The van der Waals surface area contributed by atoms with Gasteiger partial charge in [0, 0.05) is 25.5 Å². The molecule has 0 saturated carbocycles. The molecule has 0 saturated heterocycles. The number of aromatic nitrogens is 4. The third-order valence-corrected chi connectivity index (χ3v) is 4.49. The maximum Gasteiger partial charge on any atom is 0.417 e. The average molecular weight is 421 g/mol. The SMILES string of the molecule is CN(c1ccc(C(F)(F)F)cn1)c1n[n+]2c(Cc3ccc(Cl)nc3)cccc2o1. The van der Waals surface area contributed by atoms with E-state index in [1.165, 1.54) is 11.0 Å². The van der Waals surface area contributed by atoms with E-state index in [0.717, 1.165) is 23.5 Å². The van der Waals surface area contributed by atoms with Gasteiger partial charge in [0.05, 0.1) is 23.1 Å². The number of fused-ring (bicyclic) bond motifs is 1. The number of anilines is 2. The van der Waals surface area contributed by atoms with Crippen LogP contribution in [0.5, 0.6) is 0 Å². The molecule has 0 amide bonds. The van der Waals surface area contributed by atoms with Crippen molar-refractivity contribution in [2.75, 3.05) is 11.9 Å². The summed E-state index contributed by atoms with van der Waals surface area (Å²) < 4.78 is 45.6. The zero-order chi connectivity index (χ0) is 20.6. The maximum atomic E-state index is 12.7. The van der Waals surface area contributed by atoms with Gasteiger partial charge in [-0.25, -0.2) is 9.97 Å². The summed E-state index contributed by atoms with van der Waals surface area (Å²) >= 11 is 5.82. The Morgan fingerprint density at radius 1 is 1.07 bits per heavy atom. The average Bonchev–Trinajstić information content (AvgIpc) is 3.14. The molecule has 4 aromatic rings. The van der Waals surface area contributed by atoms with Gasteiger partial charge in [0.1, 0.15) is 11.0 Å². The molecule has 0 aromatic carbocycles. The standard InChI is InChI=1S/C19H14ClF3N5O/c1-27(16-8-6-13(11-25-16)19(21,22)23)18-26-28-14(3-2-4-17(28)29-18)9-12-5-7-15(20)24-10-12/h2-8,10-11H,9H2,1H3/q+1. The zero-order valence-electron chi connectivity index (χ0n) is 15.1. The van der Waals surface area contributed by atoms with Crippen molar-refractivity contribution in [1.29, 1.82) is 0 Å². The fourth-order valence-corrected chi connectivity index (χ4v) is 2.87. The lowest BCUT2D eigenvalue weighted by Crippen LogP contribution is -2.29. The van der Waals surface area contributed by atoms with Crippen molar-refractivity contribution in [3.8, 4) is 0 Å². The van der Waals surface area contributed by atoms with Crippen LogP contribution >= 0.6 is 11.6 Å². The first-order chi connectivity index (χ1) is 13.8. The molecule has 10 heteroatoms. The molecule has 0 atom stereocenters. The summed E-state index contributed by atoms with van der Waals surface area (Å²) in [5, 5.41) is 4.85. The lowest BCUT2D eigenvalue weighted by molar-refractivity contribution is -0.587. The summed E-state index contributed by atoms with van der Waals surface area (Å²) in [7, 11) is 1.61. The van der Waals surface area contributed by atoms with E-state index in [0.29, 0.717) is 17.3 Å². The largest absolute Gasteiger partial charge is 0.417 e. The van der Waals surface area contributed by atoms with Crippen molar-refractivity contribution >= 4 is 29.1 Å². The summed E-state index contributed by atoms with van der Waals surface area (Å²) in [5.74, 6) is 0.272. The Morgan fingerprint density at radius 2 is 1.90 bits per heavy atom. The Labute approximate surface area is 168 Å². The number of halogens is 4. The summed E-state index contributed by atoms with van der Waals surface area (Å²) in [6.45, 7) is 0. The molecule has 4 rings (SSSR count). The van der Waals surface area contributed by atoms with Crippen LogP contribution in [0.3, 0.4) is 0 Å². The quantitative estimate of drug-likeness (QED) is 0.365. The lowest BCUT2D eigenvalue weighted by atomic mass is 10.1. The first kappa shape index (κ1) is 19.1. The van der Waals surface area contributed by atoms with E-state index >= 15 is 0 Å². The Kier molecular flexibility index (Phi) is 4.83. The normalized spacial score (nSPS) is 11.8. The van der Waals surface area contributed by atoms with Crippen molar-refractivity contribution in [2.24, 2.45) is 0 Å². The third kappa shape index (κ3) is 4.00. The molecular formula is C19H14ClF3N5O+. The Balaban J connectivity index is 1.64. The van der Waals surface area contributed by atoms with Crippen LogP contribution in [0.15, 0.2) is 59.3 Å². The van der Waals surface area contributed by atoms with Gasteiger partial charge in [-0.2, -0.15) is 13.2 Å². The molecule has 0 aliphatic rings. The Hall–Kier alpha value is -3.20. The highest BCUT2D eigenvalue weighted by atomic mass is 35.5. The summed E-state index contributed by atoms with van der Waals surface area (Å²) in [5.41, 5.74) is 1.45. The molecule has 4 heterocycles. The van der Waals surface area contributed by atoms with Crippen molar-refractivity contribution < 1.29 is 22.1 Å². The molecule has 29 heavy (non-hydrogen) atoms. The van der Waals surface area contributed by atoms with E-state index in [9.17, 15) is 13.2 Å². The molecule has 0 N–H and O–H groups in total. The van der Waals surface area contributed by atoms with Gasteiger partial charge in [-0.15, -0.1) is 0 Å². The molecule has 0 unspecified atom stereocenters. The minimum atomic E-state index is -4.44. The number of rotatable bonds is 4. The van der Waals surface area contributed by atoms with E-state index in [1.807, 2.05) is 18.2 Å². The van der Waals surface area contributed by atoms with Crippen LogP contribution in [0.25, 0.3) is 5.71 Å². The Morgan fingerprint density at radius 3 is 2.55 bits per heavy atom. The summed E-state index contributed by atoms with van der Waals surface area (Å²) in [6.07, 6.45) is -1.44. The number of pyridine rings is 3. The minimum absolute atomic E-state index is 0.193. The van der Waals surface area contributed by atoms with Crippen LogP contribution in [-0.4, -0.2) is 22.1 Å². The van der Waals surface area contributed by atoms with Crippen LogP contribution in [-0.2, 0) is 12.6 Å². The number of hydrogen-bond acceptors (Lipinski definition) is 5. The molecule has 0 spiro atoms.